The van der Waals surface area contributed by atoms with Crippen LogP contribution in [0.15, 0.2) is 84.9 Å². The Morgan fingerprint density at radius 2 is 1.48 bits per heavy atom. The summed E-state index contributed by atoms with van der Waals surface area (Å²) in [5, 5.41) is 2.75. The largest absolute Gasteiger partial charge is 0.328 e. The summed E-state index contributed by atoms with van der Waals surface area (Å²) < 4.78 is 0. The molecule has 0 aromatic heterocycles. The number of rotatable bonds is 6. The van der Waals surface area contributed by atoms with E-state index in [1.54, 1.807) is 12.1 Å². The van der Waals surface area contributed by atoms with Crippen molar-refractivity contribution in [2.75, 3.05) is 11.9 Å². The van der Waals surface area contributed by atoms with E-state index in [2.05, 4.69) is 5.32 Å². The van der Waals surface area contributed by atoms with Gasteiger partial charge in [-0.05, 0) is 30.2 Å². The zero-order chi connectivity index (χ0) is 21.8. The quantitative estimate of drug-likeness (QED) is 0.618. The number of urea groups is 1. The Labute approximate surface area is 181 Å². The number of carbonyl (C=O) groups excluding carboxylic acids is 3. The van der Waals surface area contributed by atoms with E-state index < -0.39 is 23.9 Å². The smallest absolute Gasteiger partial charge is 0.325 e. The molecule has 0 radical (unpaired) electrons. The van der Waals surface area contributed by atoms with Gasteiger partial charge in [-0.15, -0.1) is 0 Å². The van der Waals surface area contributed by atoms with Crippen molar-refractivity contribution in [1.82, 2.24) is 9.80 Å². The van der Waals surface area contributed by atoms with Crippen molar-refractivity contribution in [3.8, 4) is 0 Å². The number of carbonyl (C=O) groups is 3. The van der Waals surface area contributed by atoms with Crippen LogP contribution in [0, 0.1) is 6.92 Å². The topological polar surface area (TPSA) is 69.7 Å². The maximum atomic E-state index is 13.2. The maximum absolute atomic E-state index is 13.2. The second kappa shape index (κ2) is 8.83. The van der Waals surface area contributed by atoms with E-state index in [4.69, 9.17) is 0 Å². The van der Waals surface area contributed by atoms with Crippen LogP contribution in [-0.2, 0) is 16.1 Å². The molecule has 1 aliphatic heterocycles. The zero-order valence-electron chi connectivity index (χ0n) is 17.2. The fourth-order valence-electron chi connectivity index (χ4n) is 3.66. The number of nitrogens with zero attached hydrogens (tertiary/aromatic N) is 2. The van der Waals surface area contributed by atoms with Gasteiger partial charge in [0.25, 0.3) is 5.91 Å². The van der Waals surface area contributed by atoms with Gasteiger partial charge in [0, 0.05) is 12.2 Å². The Bertz CT molecular complexity index is 1080. The molecule has 1 saturated heterocycles. The molecule has 1 atom stereocenters. The summed E-state index contributed by atoms with van der Waals surface area (Å²) in [7, 11) is 0. The highest BCUT2D eigenvalue weighted by atomic mass is 16.2. The normalized spacial score (nSPS) is 16.0. The molecule has 0 spiro atoms. The van der Waals surface area contributed by atoms with Crippen molar-refractivity contribution in [2.24, 2.45) is 0 Å². The van der Waals surface area contributed by atoms with Crippen LogP contribution in [-0.4, -0.2) is 34.2 Å². The fraction of sp³-hybridized carbons (Fsp3) is 0.160. The summed E-state index contributed by atoms with van der Waals surface area (Å²) in [4.78, 5) is 41.5. The third kappa shape index (κ3) is 4.48. The molecule has 3 aromatic rings. The molecule has 6 nitrogen and oxygen atoms in total. The highest BCUT2D eigenvalue weighted by molar-refractivity contribution is 6.08. The second-order valence-corrected chi connectivity index (χ2v) is 7.55. The van der Waals surface area contributed by atoms with Gasteiger partial charge < -0.3 is 10.2 Å². The van der Waals surface area contributed by atoms with Gasteiger partial charge in [-0.1, -0.05) is 78.4 Å². The molecule has 4 rings (SSSR count). The van der Waals surface area contributed by atoms with Crippen molar-refractivity contribution in [2.45, 2.75) is 19.5 Å². The van der Waals surface area contributed by atoms with Gasteiger partial charge in [0.2, 0.25) is 5.91 Å². The lowest BCUT2D eigenvalue weighted by Crippen LogP contribution is -2.38. The summed E-state index contributed by atoms with van der Waals surface area (Å²) in [6, 6.07) is 24.8. The first kappa shape index (κ1) is 20.3. The average Bonchev–Trinajstić information content (AvgIpc) is 3.01. The van der Waals surface area contributed by atoms with Crippen LogP contribution in [0.3, 0.4) is 0 Å². The van der Waals surface area contributed by atoms with E-state index in [0.717, 1.165) is 21.6 Å². The van der Waals surface area contributed by atoms with Crippen LogP contribution in [0.4, 0.5) is 10.5 Å². The van der Waals surface area contributed by atoms with Gasteiger partial charge in [0.05, 0.1) is 0 Å². The zero-order valence-corrected chi connectivity index (χ0v) is 17.2. The molecule has 156 valence electrons. The van der Waals surface area contributed by atoms with Crippen LogP contribution >= 0.6 is 0 Å². The summed E-state index contributed by atoms with van der Waals surface area (Å²) >= 11 is 0. The maximum Gasteiger partial charge on any atom is 0.328 e. The predicted molar refractivity (Wildman–Crippen MR) is 118 cm³/mol. The molecule has 0 saturated carbocycles. The summed E-state index contributed by atoms with van der Waals surface area (Å²) in [5.41, 5.74) is 3.33. The number of anilines is 1. The molecule has 0 aliphatic carbocycles. The van der Waals surface area contributed by atoms with Crippen molar-refractivity contribution in [3.63, 3.8) is 0 Å². The lowest BCUT2D eigenvalue weighted by Gasteiger charge is -2.22. The Kier molecular flexibility index (Phi) is 5.80. The average molecular weight is 413 g/mol. The van der Waals surface area contributed by atoms with Crippen molar-refractivity contribution in [3.05, 3.63) is 102 Å². The molecule has 1 N–H and O–H groups in total. The fourth-order valence-corrected chi connectivity index (χ4v) is 3.66. The molecular formula is C25H23N3O3. The molecule has 3 aromatic carbocycles. The molecule has 0 bridgehead atoms. The lowest BCUT2D eigenvalue weighted by molar-refractivity contribution is -0.131. The van der Waals surface area contributed by atoms with Crippen LogP contribution in [0.1, 0.15) is 22.7 Å². The lowest BCUT2D eigenvalue weighted by atomic mass is 10.1. The van der Waals surface area contributed by atoms with E-state index >= 15 is 0 Å². The number of hydrogen-bond acceptors (Lipinski definition) is 3. The number of nitrogens with one attached hydrogen (secondary N) is 1. The van der Waals surface area contributed by atoms with Gasteiger partial charge in [0.1, 0.15) is 12.6 Å². The van der Waals surface area contributed by atoms with Gasteiger partial charge in [0.15, 0.2) is 0 Å². The minimum Gasteiger partial charge on any atom is -0.325 e. The highest BCUT2D eigenvalue weighted by Gasteiger charge is 2.46. The first-order valence-electron chi connectivity index (χ1n) is 10.1. The Morgan fingerprint density at radius 1 is 0.871 bits per heavy atom. The predicted octanol–water partition coefficient (Wildman–Crippen LogP) is 4.14. The van der Waals surface area contributed by atoms with Crippen LogP contribution in [0.25, 0.3) is 0 Å². The van der Waals surface area contributed by atoms with Gasteiger partial charge in [-0.2, -0.15) is 0 Å². The van der Waals surface area contributed by atoms with E-state index in [-0.39, 0.29) is 13.1 Å². The number of amides is 4. The molecule has 1 unspecified atom stereocenters. The van der Waals surface area contributed by atoms with Gasteiger partial charge in [-0.3, -0.25) is 14.5 Å². The number of hydrogen-bond donors (Lipinski definition) is 1. The summed E-state index contributed by atoms with van der Waals surface area (Å²) in [6.45, 7) is 1.90. The highest BCUT2D eigenvalue weighted by Crippen LogP contribution is 2.32. The Morgan fingerprint density at radius 3 is 2.13 bits per heavy atom. The first-order valence-corrected chi connectivity index (χ1v) is 10.1. The Balaban J connectivity index is 1.56. The number of imide groups is 1. The minimum atomic E-state index is -0.763. The van der Waals surface area contributed by atoms with Crippen LogP contribution in [0.5, 0.6) is 0 Å². The molecule has 1 fully saturated rings. The number of benzene rings is 3. The van der Waals surface area contributed by atoms with E-state index in [9.17, 15) is 14.4 Å². The van der Waals surface area contributed by atoms with Crippen molar-refractivity contribution >= 4 is 23.5 Å². The second-order valence-electron chi connectivity index (χ2n) is 7.55. The third-order valence-corrected chi connectivity index (χ3v) is 5.24. The standard InChI is InChI=1S/C25H23N3O3/c1-18-12-14-21(15-13-18)26-22(29)17-28-24(30)23(20-10-6-3-7-11-20)27(25(28)31)16-19-8-4-2-5-9-19/h2-15,23H,16-17H2,1H3,(H,26,29). The molecule has 1 aliphatic rings. The van der Waals surface area contributed by atoms with Crippen LogP contribution in [0.2, 0.25) is 0 Å². The van der Waals surface area contributed by atoms with E-state index in [0.29, 0.717) is 5.69 Å². The number of aryl methyl sites for hydroxylation is 1. The SMILES string of the molecule is Cc1ccc(NC(=O)CN2C(=O)C(c3ccccc3)N(Cc3ccccc3)C2=O)cc1. The van der Waals surface area contributed by atoms with Crippen LogP contribution < -0.4 is 5.32 Å². The Hall–Kier alpha value is -3.93. The van der Waals surface area contributed by atoms with E-state index in [1.807, 2.05) is 79.7 Å². The summed E-state index contributed by atoms with van der Waals surface area (Å²) in [5.74, 6) is -0.815. The molecular weight excluding hydrogens is 390 g/mol. The molecule has 1 heterocycles. The van der Waals surface area contributed by atoms with Gasteiger partial charge in [-0.25, -0.2) is 4.79 Å². The third-order valence-electron chi connectivity index (χ3n) is 5.24. The monoisotopic (exact) mass is 413 g/mol. The minimum absolute atomic E-state index is 0.279. The summed E-state index contributed by atoms with van der Waals surface area (Å²) in [6.07, 6.45) is 0. The molecule has 4 amide bonds. The first-order chi connectivity index (χ1) is 15.0. The van der Waals surface area contributed by atoms with Crippen molar-refractivity contribution in [1.29, 1.82) is 0 Å². The van der Waals surface area contributed by atoms with E-state index in [1.165, 1.54) is 4.90 Å². The molecule has 6 heteroatoms. The van der Waals surface area contributed by atoms with Gasteiger partial charge >= 0.3 is 6.03 Å². The van der Waals surface area contributed by atoms with Crippen molar-refractivity contribution < 1.29 is 14.4 Å². The molecule has 31 heavy (non-hydrogen) atoms.